The van der Waals surface area contributed by atoms with Gasteiger partial charge in [0, 0.05) is 30.9 Å². The quantitative estimate of drug-likeness (QED) is 0.620. The lowest BCUT2D eigenvalue weighted by atomic mass is 10.1. The van der Waals surface area contributed by atoms with E-state index < -0.39 is 15.9 Å². The van der Waals surface area contributed by atoms with E-state index in [4.69, 9.17) is 9.26 Å². The van der Waals surface area contributed by atoms with Crippen LogP contribution in [0.4, 0.5) is 5.88 Å². The number of hydrogen-bond acceptors (Lipinski definition) is 6. The number of sulfonamides is 1. The number of aryl methyl sites for hydroxylation is 1. The van der Waals surface area contributed by atoms with Gasteiger partial charge in [0.1, 0.15) is 16.3 Å². The minimum atomic E-state index is -3.68. The van der Waals surface area contributed by atoms with Gasteiger partial charge in [-0.1, -0.05) is 36.3 Å². The molecule has 0 unspecified atom stereocenters. The Morgan fingerprint density at radius 3 is 2.63 bits per heavy atom. The number of carbonyl (C=O) groups is 1. The Bertz CT molecular complexity index is 1130. The molecule has 1 aliphatic heterocycles. The molecule has 158 valence electrons. The molecule has 0 radical (unpaired) electrons. The Labute approximate surface area is 174 Å². The summed E-state index contributed by atoms with van der Waals surface area (Å²) in [6.45, 7) is 3.36. The van der Waals surface area contributed by atoms with E-state index in [-0.39, 0.29) is 29.6 Å². The summed E-state index contributed by atoms with van der Waals surface area (Å²) in [5.74, 6) is -0.357. The third-order valence-electron chi connectivity index (χ3n) is 4.91. The summed E-state index contributed by atoms with van der Waals surface area (Å²) in [5, 5.41) is 6.57. The Kier molecular flexibility index (Phi) is 5.71. The smallest absolute Gasteiger partial charge is 0.274 e. The molecule has 1 fully saturated rings. The highest BCUT2D eigenvalue weighted by Crippen LogP contribution is 2.23. The molecule has 0 bridgehead atoms. The van der Waals surface area contributed by atoms with Crippen LogP contribution in [-0.4, -0.2) is 55.1 Å². The normalized spacial score (nSPS) is 15.2. The number of carbonyl (C=O) groups excluding carboxylic acids is 1. The maximum atomic E-state index is 12.7. The summed E-state index contributed by atoms with van der Waals surface area (Å²) in [4.78, 5) is 15.2. The second-order valence-electron chi connectivity index (χ2n) is 6.85. The van der Waals surface area contributed by atoms with E-state index in [1.165, 1.54) is 22.1 Å². The number of anilines is 1. The topological polar surface area (TPSA) is 118 Å². The largest absolute Gasteiger partial charge is 0.379 e. The van der Waals surface area contributed by atoms with Crippen molar-refractivity contribution in [3.63, 3.8) is 0 Å². The van der Waals surface area contributed by atoms with Crippen LogP contribution in [0.3, 0.4) is 0 Å². The maximum absolute atomic E-state index is 12.7. The van der Waals surface area contributed by atoms with Gasteiger partial charge >= 0.3 is 0 Å². The van der Waals surface area contributed by atoms with Gasteiger partial charge < -0.3 is 14.2 Å². The van der Waals surface area contributed by atoms with Crippen LogP contribution in [0.25, 0.3) is 11.3 Å². The number of rotatable bonds is 6. The molecule has 1 aromatic carbocycles. The van der Waals surface area contributed by atoms with Crippen molar-refractivity contribution < 1.29 is 22.5 Å². The lowest BCUT2D eigenvalue weighted by molar-refractivity contribution is 0.0730. The lowest BCUT2D eigenvalue weighted by Gasteiger charge is -2.25. The van der Waals surface area contributed by atoms with Crippen LogP contribution in [0, 0.1) is 0 Å². The highest BCUT2D eigenvalue weighted by molar-refractivity contribution is 7.89. The zero-order valence-electron chi connectivity index (χ0n) is 16.4. The number of aromatic amines is 1. The number of nitrogens with one attached hydrogen (secondary N) is 2. The number of amides is 1. The molecule has 1 saturated heterocycles. The van der Waals surface area contributed by atoms with Gasteiger partial charge in [-0.25, -0.2) is 8.42 Å². The number of ether oxygens (including phenoxy) is 1. The minimum Gasteiger partial charge on any atom is -0.379 e. The van der Waals surface area contributed by atoms with E-state index in [1.807, 2.05) is 24.3 Å². The van der Waals surface area contributed by atoms with E-state index in [9.17, 15) is 13.2 Å². The minimum absolute atomic E-state index is 0.0313. The highest BCUT2D eigenvalue weighted by atomic mass is 32.2. The number of H-pyrrole nitrogens is 1. The Balaban J connectivity index is 1.45. The van der Waals surface area contributed by atoms with Gasteiger partial charge in [0.25, 0.3) is 5.91 Å². The summed E-state index contributed by atoms with van der Waals surface area (Å²) in [6.07, 6.45) is 2.25. The van der Waals surface area contributed by atoms with Gasteiger partial charge in [0.2, 0.25) is 15.9 Å². The van der Waals surface area contributed by atoms with Crippen LogP contribution < -0.4 is 5.32 Å². The third-order valence-corrected chi connectivity index (χ3v) is 6.79. The molecule has 0 aliphatic carbocycles. The zero-order chi connectivity index (χ0) is 21.1. The van der Waals surface area contributed by atoms with Crippen LogP contribution in [0.2, 0.25) is 0 Å². The van der Waals surface area contributed by atoms with E-state index >= 15 is 0 Å². The molecule has 4 rings (SSSR count). The van der Waals surface area contributed by atoms with Crippen molar-refractivity contribution in [2.75, 3.05) is 31.6 Å². The van der Waals surface area contributed by atoms with Crippen molar-refractivity contribution in [2.45, 2.75) is 18.2 Å². The van der Waals surface area contributed by atoms with Gasteiger partial charge in [-0.05, 0) is 18.1 Å². The van der Waals surface area contributed by atoms with Crippen molar-refractivity contribution in [3.05, 3.63) is 53.9 Å². The summed E-state index contributed by atoms with van der Waals surface area (Å²) < 4.78 is 37.1. The fraction of sp³-hybridized carbons (Fsp3) is 0.300. The van der Waals surface area contributed by atoms with Crippen LogP contribution in [0.1, 0.15) is 23.0 Å². The first-order chi connectivity index (χ1) is 14.5. The van der Waals surface area contributed by atoms with Crippen molar-refractivity contribution in [1.29, 1.82) is 0 Å². The van der Waals surface area contributed by atoms with E-state index in [0.717, 1.165) is 12.0 Å². The van der Waals surface area contributed by atoms with Crippen molar-refractivity contribution >= 4 is 21.8 Å². The van der Waals surface area contributed by atoms with Gasteiger partial charge in [-0.2, -0.15) is 4.31 Å². The number of morpholine rings is 1. The Morgan fingerprint density at radius 2 is 1.93 bits per heavy atom. The molecule has 9 nitrogen and oxygen atoms in total. The molecule has 3 heterocycles. The Morgan fingerprint density at radius 1 is 1.20 bits per heavy atom. The van der Waals surface area contributed by atoms with Crippen LogP contribution >= 0.6 is 0 Å². The van der Waals surface area contributed by atoms with Gasteiger partial charge in [0.15, 0.2) is 0 Å². The van der Waals surface area contributed by atoms with Gasteiger partial charge in [0.05, 0.1) is 13.2 Å². The van der Waals surface area contributed by atoms with Crippen molar-refractivity contribution in [3.8, 4) is 11.3 Å². The molecule has 0 spiro atoms. The fourth-order valence-corrected chi connectivity index (χ4v) is 4.55. The molecular weight excluding hydrogens is 408 g/mol. The second-order valence-corrected chi connectivity index (χ2v) is 8.78. The molecule has 10 heteroatoms. The first kappa shape index (κ1) is 20.3. The number of nitrogens with zero attached hydrogens (tertiary/aromatic N) is 2. The highest BCUT2D eigenvalue weighted by Gasteiger charge is 2.28. The fourth-order valence-electron chi connectivity index (χ4n) is 3.15. The molecule has 0 saturated carbocycles. The summed E-state index contributed by atoms with van der Waals surface area (Å²) >= 11 is 0. The molecule has 2 N–H and O–H groups in total. The maximum Gasteiger partial charge on any atom is 0.274 e. The van der Waals surface area contributed by atoms with Crippen molar-refractivity contribution in [1.82, 2.24) is 14.4 Å². The Hall–Kier alpha value is -2.95. The first-order valence-corrected chi connectivity index (χ1v) is 11.0. The predicted molar refractivity (Wildman–Crippen MR) is 110 cm³/mol. The third kappa shape index (κ3) is 4.16. The van der Waals surface area contributed by atoms with Gasteiger partial charge in [-0.15, -0.1) is 0 Å². The molecule has 1 amide bonds. The van der Waals surface area contributed by atoms with Crippen molar-refractivity contribution in [2.24, 2.45) is 0 Å². The van der Waals surface area contributed by atoms with E-state index in [1.54, 1.807) is 6.07 Å². The number of aromatic nitrogens is 2. The SMILES string of the molecule is CCc1ccc(-c2cc(NC(=O)c3cc(S(=O)(=O)N4CCOCC4)c[nH]3)on2)cc1. The molecule has 2 aromatic heterocycles. The molecule has 1 aliphatic rings. The van der Waals surface area contributed by atoms with E-state index in [2.05, 4.69) is 22.4 Å². The predicted octanol–water partition coefficient (Wildman–Crippen LogP) is 2.51. The number of hydrogen-bond donors (Lipinski definition) is 2. The van der Waals surface area contributed by atoms with Crippen LogP contribution in [0.5, 0.6) is 0 Å². The summed E-state index contributed by atoms with van der Waals surface area (Å²) in [5.41, 5.74) is 2.78. The van der Waals surface area contributed by atoms with Crippen LogP contribution in [-0.2, 0) is 21.2 Å². The first-order valence-electron chi connectivity index (χ1n) is 9.61. The molecule has 3 aromatic rings. The molecule has 30 heavy (non-hydrogen) atoms. The number of benzene rings is 1. The lowest BCUT2D eigenvalue weighted by Crippen LogP contribution is -2.40. The molecule has 0 atom stereocenters. The van der Waals surface area contributed by atoms with Gasteiger partial charge in [-0.3, -0.25) is 10.1 Å². The summed E-state index contributed by atoms with van der Waals surface area (Å²) in [6, 6.07) is 10.8. The average Bonchev–Trinajstić information content (AvgIpc) is 3.45. The average molecular weight is 430 g/mol. The monoisotopic (exact) mass is 430 g/mol. The molecular formula is C20H22N4O5S. The second kappa shape index (κ2) is 8.42. The standard InChI is InChI=1S/C20H22N4O5S/c1-2-14-3-5-15(6-4-14)17-12-19(29-23-17)22-20(25)18-11-16(13-21-18)30(26,27)24-7-9-28-10-8-24/h3-6,11-13,21H,2,7-10H2,1H3,(H,22,25). The summed E-state index contributed by atoms with van der Waals surface area (Å²) in [7, 11) is -3.68. The van der Waals surface area contributed by atoms with E-state index in [0.29, 0.717) is 18.9 Å². The van der Waals surface area contributed by atoms with Crippen LogP contribution in [0.15, 0.2) is 52.0 Å². The zero-order valence-corrected chi connectivity index (χ0v) is 17.2.